The van der Waals surface area contributed by atoms with Gasteiger partial charge >= 0.3 is 0 Å². The first kappa shape index (κ1) is 18.5. The van der Waals surface area contributed by atoms with E-state index in [1.54, 1.807) is 4.90 Å². The van der Waals surface area contributed by atoms with E-state index in [1.165, 1.54) is 0 Å². The van der Waals surface area contributed by atoms with Crippen molar-refractivity contribution in [3.63, 3.8) is 0 Å². The number of rotatable bonds is 6. The van der Waals surface area contributed by atoms with Crippen molar-refractivity contribution in [2.45, 2.75) is 26.8 Å². The lowest BCUT2D eigenvalue weighted by Crippen LogP contribution is -2.31. The van der Waals surface area contributed by atoms with Crippen molar-refractivity contribution >= 4 is 11.8 Å². The van der Waals surface area contributed by atoms with Crippen LogP contribution in [0, 0.1) is 11.8 Å². The number of amides is 2. The molecule has 5 heteroatoms. The van der Waals surface area contributed by atoms with Crippen molar-refractivity contribution in [2.75, 3.05) is 33.7 Å². The first-order valence-corrected chi connectivity index (χ1v) is 8.70. The van der Waals surface area contributed by atoms with Gasteiger partial charge in [-0.3, -0.25) is 9.59 Å². The molecule has 1 aromatic rings. The number of hydrogen-bond acceptors (Lipinski definition) is 3. The van der Waals surface area contributed by atoms with Gasteiger partial charge in [-0.25, -0.2) is 0 Å². The van der Waals surface area contributed by atoms with Gasteiger partial charge in [-0.1, -0.05) is 26.0 Å². The van der Waals surface area contributed by atoms with Gasteiger partial charge in [0.25, 0.3) is 5.91 Å². The second-order valence-electron chi connectivity index (χ2n) is 7.01. The third-order valence-electron chi connectivity index (χ3n) is 4.56. The van der Waals surface area contributed by atoms with Crippen molar-refractivity contribution in [1.82, 2.24) is 15.1 Å². The quantitative estimate of drug-likeness (QED) is 0.867. The molecule has 1 heterocycles. The normalized spacial score (nSPS) is 17.4. The monoisotopic (exact) mass is 331 g/mol. The molecule has 0 bridgehead atoms. The predicted octanol–water partition coefficient (Wildman–Crippen LogP) is 1.98. The van der Waals surface area contributed by atoms with Gasteiger partial charge in [0, 0.05) is 38.2 Å². The lowest BCUT2D eigenvalue weighted by atomic mass is 10.1. The first-order valence-electron chi connectivity index (χ1n) is 8.70. The minimum Gasteiger partial charge on any atom is -0.341 e. The molecule has 1 N–H and O–H groups in total. The molecular formula is C19H29N3O2. The van der Waals surface area contributed by atoms with Crippen molar-refractivity contribution in [2.24, 2.45) is 11.8 Å². The molecule has 0 radical (unpaired) electrons. The fraction of sp³-hybridized carbons (Fsp3) is 0.579. The van der Waals surface area contributed by atoms with Crippen LogP contribution in [0.1, 0.15) is 36.2 Å². The Hall–Kier alpha value is -1.88. The lowest BCUT2D eigenvalue weighted by Gasteiger charge is -2.20. The molecule has 1 atom stereocenters. The van der Waals surface area contributed by atoms with Gasteiger partial charge in [0.2, 0.25) is 5.91 Å². The smallest absolute Gasteiger partial charge is 0.253 e. The number of carbonyl (C=O) groups is 2. The van der Waals surface area contributed by atoms with Crippen LogP contribution in [0.4, 0.5) is 0 Å². The summed E-state index contributed by atoms with van der Waals surface area (Å²) in [5.74, 6) is 0.778. The Morgan fingerprint density at radius 1 is 1.29 bits per heavy atom. The van der Waals surface area contributed by atoms with E-state index in [0.717, 1.165) is 37.2 Å². The highest BCUT2D eigenvalue weighted by atomic mass is 16.2. The van der Waals surface area contributed by atoms with Crippen LogP contribution in [0.5, 0.6) is 0 Å². The minimum atomic E-state index is -0.00317. The molecule has 0 aliphatic carbocycles. The Morgan fingerprint density at radius 2 is 1.96 bits per heavy atom. The molecule has 0 aromatic heterocycles. The van der Waals surface area contributed by atoms with E-state index in [9.17, 15) is 9.59 Å². The number of nitrogens with zero attached hydrogens (tertiary/aromatic N) is 2. The van der Waals surface area contributed by atoms with Crippen molar-refractivity contribution < 1.29 is 9.59 Å². The van der Waals surface area contributed by atoms with Crippen LogP contribution in [0.3, 0.4) is 0 Å². The van der Waals surface area contributed by atoms with Gasteiger partial charge in [-0.15, -0.1) is 0 Å². The standard InChI is InChI=1S/C19H29N3O2/c1-14(2)18(23)21(4)12-15-5-7-17(8-6-15)19(24)22-10-9-16(13-22)11-20-3/h5-8,14,16,20H,9-13H2,1-4H3. The number of likely N-dealkylation sites (tertiary alicyclic amines) is 1. The van der Waals surface area contributed by atoms with E-state index < -0.39 is 0 Å². The van der Waals surface area contributed by atoms with Crippen LogP contribution in [0.15, 0.2) is 24.3 Å². The molecule has 1 unspecified atom stereocenters. The highest BCUT2D eigenvalue weighted by Crippen LogP contribution is 2.18. The fourth-order valence-corrected chi connectivity index (χ4v) is 3.20. The number of hydrogen-bond donors (Lipinski definition) is 1. The molecule has 0 saturated carbocycles. The van der Waals surface area contributed by atoms with E-state index >= 15 is 0 Å². The van der Waals surface area contributed by atoms with E-state index in [-0.39, 0.29) is 17.7 Å². The fourth-order valence-electron chi connectivity index (χ4n) is 3.20. The summed E-state index contributed by atoms with van der Waals surface area (Å²) in [5.41, 5.74) is 1.76. The Labute approximate surface area is 145 Å². The maximum atomic E-state index is 12.6. The van der Waals surface area contributed by atoms with E-state index in [2.05, 4.69) is 5.32 Å². The summed E-state index contributed by atoms with van der Waals surface area (Å²) >= 11 is 0. The molecular weight excluding hydrogens is 302 g/mol. The Balaban J connectivity index is 1.94. The van der Waals surface area contributed by atoms with E-state index in [0.29, 0.717) is 12.5 Å². The summed E-state index contributed by atoms with van der Waals surface area (Å²) < 4.78 is 0. The van der Waals surface area contributed by atoms with Gasteiger partial charge in [-0.05, 0) is 43.6 Å². The van der Waals surface area contributed by atoms with Crippen molar-refractivity contribution in [3.8, 4) is 0 Å². The second kappa shape index (κ2) is 8.29. The maximum Gasteiger partial charge on any atom is 0.253 e. The van der Waals surface area contributed by atoms with Gasteiger partial charge in [0.1, 0.15) is 0 Å². The summed E-state index contributed by atoms with van der Waals surface area (Å²) in [4.78, 5) is 28.2. The lowest BCUT2D eigenvalue weighted by molar-refractivity contribution is -0.133. The third kappa shape index (κ3) is 4.57. The third-order valence-corrected chi connectivity index (χ3v) is 4.56. The molecule has 1 aliphatic rings. The highest BCUT2D eigenvalue weighted by molar-refractivity contribution is 5.94. The number of benzene rings is 1. The van der Waals surface area contributed by atoms with E-state index in [1.807, 2.05) is 57.1 Å². The summed E-state index contributed by atoms with van der Waals surface area (Å²) in [6.07, 6.45) is 1.06. The number of carbonyl (C=O) groups excluding carboxylic acids is 2. The Kier molecular flexibility index (Phi) is 6.37. The van der Waals surface area contributed by atoms with Crippen LogP contribution in [0.2, 0.25) is 0 Å². The Morgan fingerprint density at radius 3 is 2.54 bits per heavy atom. The molecule has 24 heavy (non-hydrogen) atoms. The van der Waals surface area contributed by atoms with Crippen LogP contribution in [0.25, 0.3) is 0 Å². The molecule has 132 valence electrons. The summed E-state index contributed by atoms with van der Waals surface area (Å²) in [6.45, 7) is 6.99. The van der Waals surface area contributed by atoms with Crippen molar-refractivity contribution in [3.05, 3.63) is 35.4 Å². The van der Waals surface area contributed by atoms with Crippen molar-refractivity contribution in [1.29, 1.82) is 0 Å². The molecule has 1 fully saturated rings. The predicted molar refractivity (Wildman–Crippen MR) is 95.7 cm³/mol. The molecule has 5 nitrogen and oxygen atoms in total. The summed E-state index contributed by atoms with van der Waals surface area (Å²) in [5, 5.41) is 3.18. The second-order valence-corrected chi connectivity index (χ2v) is 7.01. The molecule has 2 rings (SSSR count). The SMILES string of the molecule is CNCC1CCN(C(=O)c2ccc(CN(C)C(=O)C(C)C)cc2)C1. The zero-order valence-electron chi connectivity index (χ0n) is 15.2. The van der Waals surface area contributed by atoms with Gasteiger partial charge < -0.3 is 15.1 Å². The summed E-state index contributed by atoms with van der Waals surface area (Å²) in [6, 6.07) is 7.63. The summed E-state index contributed by atoms with van der Waals surface area (Å²) in [7, 11) is 3.76. The number of nitrogens with one attached hydrogen (secondary N) is 1. The van der Waals surface area contributed by atoms with Crippen LogP contribution in [-0.2, 0) is 11.3 Å². The van der Waals surface area contributed by atoms with Crippen LogP contribution < -0.4 is 5.32 Å². The minimum absolute atomic E-state index is 0.00317. The molecule has 2 amide bonds. The van der Waals surface area contributed by atoms with E-state index in [4.69, 9.17) is 0 Å². The van der Waals surface area contributed by atoms with Crippen LogP contribution >= 0.6 is 0 Å². The molecule has 1 saturated heterocycles. The maximum absolute atomic E-state index is 12.6. The first-order chi connectivity index (χ1) is 11.4. The molecule has 0 spiro atoms. The average Bonchev–Trinajstić information content (AvgIpc) is 3.03. The Bertz CT molecular complexity index is 568. The molecule has 1 aromatic carbocycles. The zero-order valence-corrected chi connectivity index (χ0v) is 15.2. The zero-order chi connectivity index (χ0) is 17.7. The largest absolute Gasteiger partial charge is 0.341 e. The van der Waals surface area contributed by atoms with Gasteiger partial charge in [-0.2, -0.15) is 0 Å². The van der Waals surface area contributed by atoms with Gasteiger partial charge in [0.15, 0.2) is 0 Å². The molecule has 1 aliphatic heterocycles. The van der Waals surface area contributed by atoms with Crippen LogP contribution in [-0.4, -0.2) is 55.3 Å². The topological polar surface area (TPSA) is 52.7 Å². The average molecular weight is 331 g/mol. The van der Waals surface area contributed by atoms with Gasteiger partial charge in [0.05, 0.1) is 0 Å². The highest BCUT2D eigenvalue weighted by Gasteiger charge is 2.26.